The Labute approximate surface area is 157 Å². The van der Waals surface area contributed by atoms with Crippen molar-refractivity contribution in [3.8, 4) is 5.75 Å². The molecule has 3 rings (SSSR count). The van der Waals surface area contributed by atoms with Gasteiger partial charge in [0.2, 0.25) is 5.89 Å². The van der Waals surface area contributed by atoms with Crippen molar-refractivity contribution in [2.24, 2.45) is 5.92 Å². The van der Waals surface area contributed by atoms with Crippen LogP contribution in [0.2, 0.25) is 5.02 Å². The molecule has 1 fully saturated rings. The normalized spacial score (nSPS) is 16.7. The summed E-state index contributed by atoms with van der Waals surface area (Å²) in [6.07, 6.45) is -1.72. The van der Waals surface area contributed by atoms with Crippen molar-refractivity contribution >= 4 is 17.5 Å². The van der Waals surface area contributed by atoms with E-state index in [-0.39, 0.29) is 22.4 Å². The van der Waals surface area contributed by atoms with Gasteiger partial charge in [-0.05, 0) is 25.7 Å². The summed E-state index contributed by atoms with van der Waals surface area (Å²) in [5.41, 5.74) is -1.02. The van der Waals surface area contributed by atoms with Gasteiger partial charge in [-0.3, -0.25) is 4.79 Å². The molecule has 0 unspecified atom stereocenters. The Bertz CT molecular complexity index is 854. The predicted octanol–water partition coefficient (Wildman–Crippen LogP) is 3.42. The first-order valence-electron chi connectivity index (χ1n) is 8.07. The van der Waals surface area contributed by atoms with Crippen LogP contribution in [0, 0.1) is 12.8 Å². The van der Waals surface area contributed by atoms with E-state index in [9.17, 15) is 18.0 Å². The molecular weight excluding hydrogens is 389 g/mol. The lowest BCUT2D eigenvalue weighted by Crippen LogP contribution is -2.46. The van der Waals surface area contributed by atoms with Gasteiger partial charge >= 0.3 is 6.18 Å². The Morgan fingerprint density at radius 2 is 2.15 bits per heavy atom. The van der Waals surface area contributed by atoms with Crippen LogP contribution in [0.3, 0.4) is 0 Å². The molecule has 11 heteroatoms. The summed E-state index contributed by atoms with van der Waals surface area (Å²) in [6.45, 7) is 1.88. The molecule has 2 aromatic rings. The van der Waals surface area contributed by atoms with Gasteiger partial charge in [0.25, 0.3) is 5.91 Å². The summed E-state index contributed by atoms with van der Waals surface area (Å²) < 4.78 is 46.7. The lowest BCUT2D eigenvalue weighted by Gasteiger charge is -2.27. The highest BCUT2D eigenvalue weighted by atomic mass is 35.5. The van der Waals surface area contributed by atoms with Crippen molar-refractivity contribution in [3.63, 3.8) is 0 Å². The van der Waals surface area contributed by atoms with Crippen molar-refractivity contribution in [1.29, 1.82) is 0 Å². The van der Waals surface area contributed by atoms with E-state index < -0.39 is 24.2 Å². The molecule has 7 nitrogen and oxygen atoms in total. The molecule has 1 atom stereocenters. The molecule has 0 radical (unpaired) electrons. The van der Waals surface area contributed by atoms with Crippen LogP contribution in [-0.2, 0) is 5.54 Å². The maximum absolute atomic E-state index is 12.7. The number of pyridine rings is 1. The Morgan fingerprint density at radius 3 is 2.70 bits per heavy atom. The summed E-state index contributed by atoms with van der Waals surface area (Å²) in [5, 5.41) is 6.57. The fourth-order valence-corrected chi connectivity index (χ4v) is 2.78. The molecular formula is C16H16ClF3N4O3. The van der Waals surface area contributed by atoms with Gasteiger partial charge in [0.1, 0.15) is 22.0 Å². The average molecular weight is 405 g/mol. The number of carbonyl (C=O) groups excluding carboxylic acids is 1. The SMILES string of the molecule is Cc1nc([C@](C)(NC(=O)c2cc(OCC(F)(F)F)c(Cl)cn2)C2CC2)no1. The second-order valence-corrected chi connectivity index (χ2v) is 6.88. The van der Waals surface area contributed by atoms with Crippen molar-refractivity contribution in [2.45, 2.75) is 38.4 Å². The standard InChI is InChI=1S/C16H16ClF3N4O3/c1-8-22-14(24-27-8)15(2,9-3-4-9)23-13(25)11-5-12(10(17)6-21-11)26-7-16(18,19)20/h5-6,9H,3-4,7H2,1-2H3,(H,23,25)/t15-/m1/s1. The zero-order valence-corrected chi connectivity index (χ0v) is 15.2. The van der Waals surface area contributed by atoms with Gasteiger partial charge < -0.3 is 14.6 Å². The topological polar surface area (TPSA) is 90.1 Å². The summed E-state index contributed by atoms with van der Waals surface area (Å²) in [6, 6.07) is 1.07. The minimum atomic E-state index is -4.53. The van der Waals surface area contributed by atoms with Crippen molar-refractivity contribution < 1.29 is 27.2 Å². The van der Waals surface area contributed by atoms with Gasteiger partial charge in [-0.25, -0.2) is 4.98 Å². The summed E-state index contributed by atoms with van der Waals surface area (Å²) in [4.78, 5) is 20.7. The van der Waals surface area contributed by atoms with Crippen LogP contribution >= 0.6 is 11.6 Å². The van der Waals surface area contributed by atoms with Gasteiger partial charge in [0.15, 0.2) is 12.4 Å². The molecule has 1 amide bonds. The molecule has 1 N–H and O–H groups in total. The molecule has 2 heterocycles. The molecule has 1 saturated carbocycles. The van der Waals surface area contributed by atoms with E-state index in [4.69, 9.17) is 16.1 Å². The monoisotopic (exact) mass is 404 g/mol. The van der Waals surface area contributed by atoms with Crippen LogP contribution in [0.15, 0.2) is 16.8 Å². The van der Waals surface area contributed by atoms with Crippen molar-refractivity contribution in [2.75, 3.05) is 6.61 Å². The molecule has 0 aromatic carbocycles. The Balaban J connectivity index is 1.80. The molecule has 2 aromatic heterocycles. The van der Waals surface area contributed by atoms with Gasteiger partial charge in [-0.15, -0.1) is 0 Å². The zero-order valence-electron chi connectivity index (χ0n) is 14.4. The molecule has 27 heavy (non-hydrogen) atoms. The molecule has 146 valence electrons. The number of amides is 1. The molecule has 0 spiro atoms. The minimum absolute atomic E-state index is 0.117. The minimum Gasteiger partial charge on any atom is -0.482 e. The third-order valence-electron chi connectivity index (χ3n) is 4.20. The lowest BCUT2D eigenvalue weighted by molar-refractivity contribution is -0.153. The molecule has 1 aliphatic rings. The van der Waals surface area contributed by atoms with Crippen LogP contribution in [0.4, 0.5) is 13.2 Å². The highest BCUT2D eigenvalue weighted by molar-refractivity contribution is 6.32. The van der Waals surface area contributed by atoms with Gasteiger partial charge in [0.05, 0.1) is 6.20 Å². The van der Waals surface area contributed by atoms with E-state index in [1.54, 1.807) is 13.8 Å². The van der Waals surface area contributed by atoms with E-state index in [1.807, 2.05) is 0 Å². The molecule has 0 aliphatic heterocycles. The number of carbonyl (C=O) groups is 1. The van der Waals surface area contributed by atoms with E-state index in [1.165, 1.54) is 0 Å². The molecule has 0 bridgehead atoms. The zero-order chi connectivity index (χ0) is 19.8. The second kappa shape index (κ2) is 6.99. The van der Waals surface area contributed by atoms with Crippen LogP contribution in [0.25, 0.3) is 0 Å². The molecule has 0 saturated heterocycles. The second-order valence-electron chi connectivity index (χ2n) is 6.47. The summed E-state index contributed by atoms with van der Waals surface area (Å²) in [7, 11) is 0. The first kappa shape index (κ1) is 19.4. The number of ether oxygens (including phenoxy) is 1. The number of aromatic nitrogens is 3. The third kappa shape index (κ3) is 4.49. The van der Waals surface area contributed by atoms with Crippen LogP contribution in [0.1, 0.15) is 42.0 Å². The predicted molar refractivity (Wildman–Crippen MR) is 87.4 cm³/mol. The van der Waals surface area contributed by atoms with Crippen molar-refractivity contribution in [3.05, 3.63) is 34.7 Å². The van der Waals surface area contributed by atoms with E-state index in [2.05, 4.69) is 25.2 Å². The smallest absolute Gasteiger partial charge is 0.422 e. The number of aryl methyl sites for hydroxylation is 1. The largest absolute Gasteiger partial charge is 0.482 e. The number of hydrogen-bond donors (Lipinski definition) is 1. The number of hydrogen-bond acceptors (Lipinski definition) is 6. The number of alkyl halides is 3. The fraction of sp³-hybridized carbons (Fsp3) is 0.500. The van der Waals surface area contributed by atoms with E-state index in [0.29, 0.717) is 11.7 Å². The highest BCUT2D eigenvalue weighted by Crippen LogP contribution is 2.44. The van der Waals surface area contributed by atoms with Crippen molar-refractivity contribution in [1.82, 2.24) is 20.4 Å². The summed E-state index contributed by atoms with van der Waals surface area (Å²) >= 11 is 5.80. The number of halogens is 4. The van der Waals surface area contributed by atoms with Crippen LogP contribution in [-0.4, -0.2) is 33.8 Å². The fourth-order valence-electron chi connectivity index (χ4n) is 2.63. The number of rotatable bonds is 6. The van der Waals surface area contributed by atoms with Crippen LogP contribution in [0.5, 0.6) is 5.75 Å². The first-order valence-corrected chi connectivity index (χ1v) is 8.44. The average Bonchev–Trinajstić information content (AvgIpc) is 3.35. The Hall–Kier alpha value is -2.36. The van der Waals surface area contributed by atoms with E-state index >= 15 is 0 Å². The Kier molecular flexibility index (Phi) is 5.02. The highest BCUT2D eigenvalue weighted by Gasteiger charge is 2.47. The number of nitrogens with one attached hydrogen (secondary N) is 1. The lowest BCUT2D eigenvalue weighted by atomic mass is 9.94. The maximum atomic E-state index is 12.7. The molecule has 1 aliphatic carbocycles. The van der Waals surface area contributed by atoms with Crippen LogP contribution < -0.4 is 10.1 Å². The number of nitrogens with zero attached hydrogens (tertiary/aromatic N) is 3. The van der Waals surface area contributed by atoms with Gasteiger partial charge in [0, 0.05) is 13.0 Å². The first-order chi connectivity index (χ1) is 12.6. The summed E-state index contributed by atoms with van der Waals surface area (Å²) in [5.74, 6) is -0.0818. The quantitative estimate of drug-likeness (QED) is 0.793. The van der Waals surface area contributed by atoms with E-state index in [0.717, 1.165) is 25.1 Å². The van der Waals surface area contributed by atoms with Gasteiger partial charge in [-0.2, -0.15) is 18.2 Å². The maximum Gasteiger partial charge on any atom is 0.422 e. The van der Waals surface area contributed by atoms with Gasteiger partial charge in [-0.1, -0.05) is 16.8 Å². The third-order valence-corrected chi connectivity index (χ3v) is 4.49. The Morgan fingerprint density at radius 1 is 1.44 bits per heavy atom.